The number of aryl methyl sites for hydroxylation is 1. The van der Waals surface area contributed by atoms with Crippen LogP contribution in [-0.2, 0) is 0 Å². The molecule has 1 aromatic carbocycles. The Kier molecular flexibility index (Phi) is 2.25. The minimum atomic E-state index is 0.473. The van der Waals surface area contributed by atoms with E-state index in [1.807, 2.05) is 19.1 Å². The van der Waals surface area contributed by atoms with Crippen molar-refractivity contribution in [2.45, 2.75) is 6.92 Å². The van der Waals surface area contributed by atoms with E-state index in [9.17, 15) is 0 Å². The average Bonchev–Trinajstić information content (AvgIpc) is 2.12. The van der Waals surface area contributed by atoms with Gasteiger partial charge in [0.2, 0.25) is 0 Å². The largest absolute Gasteiger partial charge is 0.396 e. The number of pyridine rings is 1. The van der Waals surface area contributed by atoms with E-state index in [0.717, 1.165) is 10.9 Å². The van der Waals surface area contributed by atoms with Crippen molar-refractivity contribution in [2.24, 2.45) is 0 Å². The number of nitrogen functional groups attached to an aromatic ring is 1. The summed E-state index contributed by atoms with van der Waals surface area (Å²) in [6, 6.07) is 3.77. The van der Waals surface area contributed by atoms with Crippen LogP contribution in [-0.4, -0.2) is 4.98 Å². The lowest BCUT2D eigenvalue weighted by molar-refractivity contribution is 1.39. The van der Waals surface area contributed by atoms with Gasteiger partial charge < -0.3 is 5.73 Å². The first-order valence-corrected chi connectivity index (χ1v) is 4.85. The average molecular weight is 227 g/mol. The van der Waals surface area contributed by atoms with Gasteiger partial charge in [-0.2, -0.15) is 0 Å². The quantitative estimate of drug-likeness (QED) is 0.748. The summed E-state index contributed by atoms with van der Waals surface area (Å²) in [6.45, 7) is 1.95. The van der Waals surface area contributed by atoms with Crippen molar-refractivity contribution in [3.8, 4) is 0 Å². The van der Waals surface area contributed by atoms with Crippen molar-refractivity contribution >= 4 is 39.8 Å². The molecule has 0 atom stereocenters. The molecule has 2 nitrogen and oxygen atoms in total. The van der Waals surface area contributed by atoms with Gasteiger partial charge in [0.25, 0.3) is 0 Å². The van der Waals surface area contributed by atoms with Gasteiger partial charge in [-0.3, -0.25) is 4.98 Å². The molecule has 0 unspecified atom stereocenters. The second kappa shape index (κ2) is 3.30. The zero-order chi connectivity index (χ0) is 10.3. The van der Waals surface area contributed by atoms with Crippen LogP contribution >= 0.6 is 23.2 Å². The normalized spacial score (nSPS) is 10.8. The Labute approximate surface area is 91.6 Å². The Morgan fingerprint density at radius 1 is 1.29 bits per heavy atom. The second-order valence-electron chi connectivity index (χ2n) is 3.17. The van der Waals surface area contributed by atoms with Crippen molar-refractivity contribution in [1.82, 2.24) is 4.98 Å². The van der Waals surface area contributed by atoms with Crippen LogP contribution in [0.5, 0.6) is 0 Å². The molecule has 0 aliphatic rings. The number of aromatic nitrogens is 1. The maximum Gasteiger partial charge on any atom is 0.0904 e. The first-order chi connectivity index (χ1) is 6.59. The first-order valence-electron chi connectivity index (χ1n) is 4.09. The third-order valence-corrected chi connectivity index (χ3v) is 2.74. The van der Waals surface area contributed by atoms with Crippen LogP contribution in [0.15, 0.2) is 18.3 Å². The SMILES string of the molecule is Cc1cc(Cl)c2ncc(N)c(Cl)c2c1. The van der Waals surface area contributed by atoms with E-state index in [1.165, 1.54) is 6.20 Å². The molecule has 1 aromatic heterocycles. The molecule has 2 N–H and O–H groups in total. The summed E-state index contributed by atoms with van der Waals surface area (Å²) in [7, 11) is 0. The van der Waals surface area contributed by atoms with Crippen LogP contribution < -0.4 is 5.73 Å². The van der Waals surface area contributed by atoms with E-state index in [-0.39, 0.29) is 0 Å². The van der Waals surface area contributed by atoms with E-state index in [0.29, 0.717) is 21.2 Å². The third-order valence-electron chi connectivity index (χ3n) is 2.03. The number of halogens is 2. The molecular weight excluding hydrogens is 219 g/mol. The summed E-state index contributed by atoms with van der Waals surface area (Å²) < 4.78 is 0. The number of hydrogen-bond donors (Lipinski definition) is 1. The van der Waals surface area contributed by atoms with E-state index >= 15 is 0 Å². The van der Waals surface area contributed by atoms with Crippen LogP contribution in [0.25, 0.3) is 10.9 Å². The van der Waals surface area contributed by atoms with E-state index in [1.54, 1.807) is 0 Å². The van der Waals surface area contributed by atoms with Gasteiger partial charge in [0.1, 0.15) is 0 Å². The van der Waals surface area contributed by atoms with Gasteiger partial charge in [0, 0.05) is 5.39 Å². The number of rotatable bonds is 0. The molecule has 0 fully saturated rings. The zero-order valence-electron chi connectivity index (χ0n) is 7.51. The Hall–Kier alpha value is -0.990. The summed E-state index contributed by atoms with van der Waals surface area (Å²) in [5.74, 6) is 0. The highest BCUT2D eigenvalue weighted by Crippen LogP contribution is 2.31. The molecule has 0 saturated heterocycles. The van der Waals surface area contributed by atoms with Crippen LogP contribution in [0.4, 0.5) is 5.69 Å². The number of fused-ring (bicyclic) bond motifs is 1. The predicted molar refractivity (Wildman–Crippen MR) is 60.9 cm³/mol. The molecule has 72 valence electrons. The highest BCUT2D eigenvalue weighted by atomic mass is 35.5. The lowest BCUT2D eigenvalue weighted by atomic mass is 10.1. The lowest BCUT2D eigenvalue weighted by Gasteiger charge is -2.05. The van der Waals surface area contributed by atoms with Crippen molar-refractivity contribution in [2.75, 3.05) is 5.73 Å². The van der Waals surface area contributed by atoms with Crippen molar-refractivity contribution in [3.05, 3.63) is 33.9 Å². The number of nitrogens with two attached hydrogens (primary N) is 1. The molecule has 2 aromatic rings. The standard InChI is InChI=1S/C10H8Cl2N2/c1-5-2-6-9(12)8(13)4-14-10(6)7(11)3-5/h2-4H,13H2,1H3. The number of anilines is 1. The van der Waals surface area contributed by atoms with E-state index in [4.69, 9.17) is 28.9 Å². The molecule has 0 amide bonds. The summed E-state index contributed by atoms with van der Waals surface area (Å²) >= 11 is 12.1. The van der Waals surface area contributed by atoms with E-state index in [2.05, 4.69) is 4.98 Å². The van der Waals surface area contributed by atoms with E-state index < -0.39 is 0 Å². The Balaban J connectivity index is 2.95. The maximum absolute atomic E-state index is 6.05. The van der Waals surface area contributed by atoms with Crippen molar-refractivity contribution in [3.63, 3.8) is 0 Å². The monoisotopic (exact) mass is 226 g/mol. The van der Waals surface area contributed by atoms with Gasteiger partial charge in [-0.05, 0) is 24.6 Å². The molecule has 0 bridgehead atoms. The number of hydrogen-bond acceptors (Lipinski definition) is 2. The molecule has 14 heavy (non-hydrogen) atoms. The third kappa shape index (κ3) is 1.41. The fourth-order valence-corrected chi connectivity index (χ4v) is 1.89. The molecular formula is C10H8Cl2N2. The van der Waals surface area contributed by atoms with Gasteiger partial charge in [-0.1, -0.05) is 23.2 Å². The van der Waals surface area contributed by atoms with Crippen molar-refractivity contribution < 1.29 is 0 Å². The minimum absolute atomic E-state index is 0.473. The van der Waals surface area contributed by atoms with Crippen LogP contribution in [0.3, 0.4) is 0 Å². The molecule has 0 aliphatic heterocycles. The molecule has 0 radical (unpaired) electrons. The fourth-order valence-electron chi connectivity index (χ4n) is 1.38. The number of nitrogens with zero attached hydrogens (tertiary/aromatic N) is 1. The molecule has 0 spiro atoms. The topological polar surface area (TPSA) is 38.9 Å². The van der Waals surface area contributed by atoms with Gasteiger partial charge in [0.15, 0.2) is 0 Å². The first kappa shape index (κ1) is 9.56. The summed E-state index contributed by atoms with van der Waals surface area (Å²) in [5.41, 5.74) is 7.85. The van der Waals surface area contributed by atoms with Gasteiger partial charge in [0.05, 0.1) is 27.4 Å². The molecule has 1 heterocycles. The molecule has 0 saturated carbocycles. The van der Waals surface area contributed by atoms with Gasteiger partial charge in [-0.15, -0.1) is 0 Å². The summed E-state index contributed by atoms with van der Waals surface area (Å²) in [6.07, 6.45) is 1.52. The lowest BCUT2D eigenvalue weighted by Crippen LogP contribution is -1.91. The highest BCUT2D eigenvalue weighted by Gasteiger charge is 2.07. The molecule has 4 heteroatoms. The number of benzene rings is 1. The van der Waals surface area contributed by atoms with Gasteiger partial charge in [-0.25, -0.2) is 0 Å². The molecule has 2 rings (SSSR count). The zero-order valence-corrected chi connectivity index (χ0v) is 9.02. The Morgan fingerprint density at radius 2 is 2.00 bits per heavy atom. The fraction of sp³-hybridized carbons (Fsp3) is 0.100. The minimum Gasteiger partial charge on any atom is -0.396 e. The molecule has 0 aliphatic carbocycles. The van der Waals surface area contributed by atoms with Crippen LogP contribution in [0, 0.1) is 6.92 Å². The van der Waals surface area contributed by atoms with Crippen LogP contribution in [0.1, 0.15) is 5.56 Å². The Bertz CT molecular complexity index is 509. The summed E-state index contributed by atoms with van der Waals surface area (Å²) in [5, 5.41) is 1.92. The van der Waals surface area contributed by atoms with Crippen molar-refractivity contribution in [1.29, 1.82) is 0 Å². The Morgan fingerprint density at radius 3 is 2.71 bits per heavy atom. The maximum atomic E-state index is 6.05. The second-order valence-corrected chi connectivity index (χ2v) is 3.96. The van der Waals surface area contributed by atoms with Crippen LogP contribution in [0.2, 0.25) is 10.0 Å². The predicted octanol–water partition coefficient (Wildman–Crippen LogP) is 3.43. The highest BCUT2D eigenvalue weighted by molar-refractivity contribution is 6.40. The summed E-state index contributed by atoms with van der Waals surface area (Å²) in [4.78, 5) is 4.14. The van der Waals surface area contributed by atoms with Gasteiger partial charge >= 0.3 is 0 Å². The smallest absolute Gasteiger partial charge is 0.0904 e.